The van der Waals surface area contributed by atoms with Crippen molar-refractivity contribution >= 4 is 23.0 Å². The second-order valence-corrected chi connectivity index (χ2v) is 7.46. The monoisotopic (exact) mass is 425 g/mol. The first-order valence-corrected chi connectivity index (χ1v) is 9.94. The molecule has 0 amide bonds. The molecular formula is C21H20ClN5O3. The number of anilines is 1. The Kier molecular flexibility index (Phi) is 5.78. The molecule has 0 radical (unpaired) electrons. The Balaban J connectivity index is 1.42. The summed E-state index contributed by atoms with van der Waals surface area (Å²) >= 11 is 6.40. The zero-order valence-electron chi connectivity index (χ0n) is 16.1. The number of non-ortho nitro benzene ring substituents is 1. The number of hydrogen-bond acceptors (Lipinski definition) is 6. The number of para-hydroxylation sites is 1. The smallest absolute Gasteiger partial charge is 0.292 e. The molecule has 0 aliphatic carbocycles. The van der Waals surface area contributed by atoms with E-state index in [2.05, 4.69) is 14.9 Å². The van der Waals surface area contributed by atoms with Crippen LogP contribution in [0.5, 0.6) is 0 Å². The maximum absolute atomic E-state index is 12.7. The van der Waals surface area contributed by atoms with Gasteiger partial charge in [-0.15, -0.1) is 0 Å². The number of nitrogens with zero attached hydrogens (tertiary/aromatic N) is 5. The molecule has 154 valence electrons. The number of halogens is 1. The quantitative estimate of drug-likeness (QED) is 0.461. The summed E-state index contributed by atoms with van der Waals surface area (Å²) in [5.41, 5.74) is 2.09. The van der Waals surface area contributed by atoms with Crippen molar-refractivity contribution in [2.45, 2.75) is 6.54 Å². The summed E-state index contributed by atoms with van der Waals surface area (Å²) in [5, 5.41) is 15.2. The van der Waals surface area contributed by atoms with Crippen LogP contribution in [0.1, 0.15) is 5.56 Å². The van der Waals surface area contributed by atoms with Gasteiger partial charge in [0.25, 0.3) is 11.2 Å². The van der Waals surface area contributed by atoms with E-state index in [0.29, 0.717) is 31.0 Å². The number of piperazine rings is 1. The van der Waals surface area contributed by atoms with E-state index in [1.165, 1.54) is 16.8 Å². The van der Waals surface area contributed by atoms with E-state index in [0.717, 1.165) is 18.7 Å². The largest absolute Gasteiger partial charge is 0.366 e. The van der Waals surface area contributed by atoms with Crippen LogP contribution < -0.4 is 10.5 Å². The Morgan fingerprint density at radius 1 is 1.00 bits per heavy atom. The molecule has 0 atom stereocenters. The summed E-state index contributed by atoms with van der Waals surface area (Å²) in [6.45, 7) is 3.71. The maximum Gasteiger partial charge on any atom is 0.292 e. The second kappa shape index (κ2) is 8.64. The Morgan fingerprint density at radius 2 is 1.67 bits per heavy atom. The molecule has 3 aromatic rings. The summed E-state index contributed by atoms with van der Waals surface area (Å²) in [6, 6.07) is 15.8. The molecule has 30 heavy (non-hydrogen) atoms. The van der Waals surface area contributed by atoms with Gasteiger partial charge >= 0.3 is 0 Å². The molecule has 1 aromatic heterocycles. The minimum Gasteiger partial charge on any atom is -0.366 e. The standard InChI is InChI=1S/C21H20ClN5O3/c22-20-19(14-23-26(21(20)28)17-4-2-1-3-5-17)25-12-10-24(11-13-25)15-16-6-8-18(9-7-16)27(29)30/h1-9,14H,10-13,15H2. The molecule has 0 unspecified atom stereocenters. The number of nitro groups is 1. The van der Waals surface area contributed by atoms with E-state index in [4.69, 9.17) is 11.6 Å². The molecule has 1 fully saturated rings. The Hall–Kier alpha value is -3.23. The molecule has 1 aliphatic heterocycles. The average Bonchev–Trinajstić information content (AvgIpc) is 2.77. The zero-order chi connectivity index (χ0) is 21.1. The van der Waals surface area contributed by atoms with Crippen molar-refractivity contribution in [1.29, 1.82) is 0 Å². The zero-order valence-corrected chi connectivity index (χ0v) is 16.9. The fourth-order valence-electron chi connectivity index (χ4n) is 3.53. The van der Waals surface area contributed by atoms with Crippen molar-refractivity contribution in [3.05, 3.63) is 91.8 Å². The van der Waals surface area contributed by atoms with Crippen molar-refractivity contribution in [2.75, 3.05) is 31.1 Å². The molecule has 1 saturated heterocycles. The molecular weight excluding hydrogens is 406 g/mol. The lowest BCUT2D eigenvalue weighted by molar-refractivity contribution is -0.384. The van der Waals surface area contributed by atoms with Crippen LogP contribution in [-0.2, 0) is 6.54 Å². The summed E-state index contributed by atoms with van der Waals surface area (Å²) in [5.74, 6) is 0. The lowest BCUT2D eigenvalue weighted by Gasteiger charge is -2.36. The summed E-state index contributed by atoms with van der Waals surface area (Å²) in [4.78, 5) is 27.4. The minimum atomic E-state index is -0.397. The SMILES string of the molecule is O=c1c(Cl)c(N2CCN(Cc3ccc([N+](=O)[O-])cc3)CC2)cnn1-c1ccccc1. The molecule has 0 saturated carbocycles. The lowest BCUT2D eigenvalue weighted by atomic mass is 10.2. The molecule has 2 heterocycles. The maximum atomic E-state index is 12.7. The van der Waals surface area contributed by atoms with Crippen molar-refractivity contribution < 1.29 is 4.92 Å². The molecule has 8 nitrogen and oxygen atoms in total. The third-order valence-corrected chi connectivity index (χ3v) is 5.52. The van der Waals surface area contributed by atoms with Gasteiger partial charge in [-0.3, -0.25) is 19.8 Å². The number of benzene rings is 2. The third-order valence-electron chi connectivity index (χ3n) is 5.17. The molecule has 0 spiro atoms. The fraction of sp³-hybridized carbons (Fsp3) is 0.238. The average molecular weight is 426 g/mol. The van der Waals surface area contributed by atoms with Crippen LogP contribution in [0.4, 0.5) is 11.4 Å². The van der Waals surface area contributed by atoms with Crippen LogP contribution in [-0.4, -0.2) is 45.8 Å². The Morgan fingerprint density at radius 3 is 2.30 bits per heavy atom. The molecule has 2 aromatic carbocycles. The Bertz CT molecular complexity index is 1090. The van der Waals surface area contributed by atoms with Crippen LogP contribution in [0.3, 0.4) is 0 Å². The second-order valence-electron chi connectivity index (χ2n) is 7.08. The highest BCUT2D eigenvalue weighted by Gasteiger charge is 2.22. The first-order chi connectivity index (χ1) is 14.5. The first-order valence-electron chi connectivity index (χ1n) is 9.57. The van der Waals surface area contributed by atoms with E-state index in [1.54, 1.807) is 30.5 Å². The van der Waals surface area contributed by atoms with Crippen molar-refractivity contribution in [3.8, 4) is 5.69 Å². The van der Waals surface area contributed by atoms with Gasteiger partial charge in [-0.2, -0.15) is 9.78 Å². The summed E-state index contributed by atoms with van der Waals surface area (Å²) in [6.07, 6.45) is 1.64. The molecule has 0 N–H and O–H groups in total. The highest BCUT2D eigenvalue weighted by molar-refractivity contribution is 6.33. The van der Waals surface area contributed by atoms with Gasteiger partial charge in [0.15, 0.2) is 0 Å². The predicted octanol–water partition coefficient (Wildman–Crippen LogP) is 3.12. The van der Waals surface area contributed by atoms with E-state index >= 15 is 0 Å². The number of nitro benzene ring substituents is 1. The molecule has 0 bridgehead atoms. The summed E-state index contributed by atoms with van der Waals surface area (Å²) in [7, 11) is 0. The summed E-state index contributed by atoms with van der Waals surface area (Å²) < 4.78 is 1.30. The van der Waals surface area contributed by atoms with Gasteiger partial charge in [-0.25, -0.2) is 0 Å². The van der Waals surface area contributed by atoms with Crippen LogP contribution >= 0.6 is 11.6 Å². The first kappa shape index (κ1) is 20.1. The van der Waals surface area contributed by atoms with Gasteiger partial charge in [0.1, 0.15) is 5.02 Å². The van der Waals surface area contributed by atoms with Gasteiger partial charge in [-0.1, -0.05) is 41.9 Å². The molecule has 1 aliphatic rings. The van der Waals surface area contributed by atoms with E-state index < -0.39 is 4.92 Å². The fourth-order valence-corrected chi connectivity index (χ4v) is 3.77. The van der Waals surface area contributed by atoms with Crippen molar-refractivity contribution in [3.63, 3.8) is 0 Å². The molecule has 9 heteroatoms. The van der Waals surface area contributed by atoms with Gasteiger partial charge < -0.3 is 4.90 Å². The predicted molar refractivity (Wildman–Crippen MR) is 115 cm³/mol. The third kappa shape index (κ3) is 4.19. The van der Waals surface area contributed by atoms with Crippen molar-refractivity contribution in [2.24, 2.45) is 0 Å². The van der Waals surface area contributed by atoms with Crippen LogP contribution in [0.2, 0.25) is 5.02 Å². The number of rotatable bonds is 5. The lowest BCUT2D eigenvalue weighted by Crippen LogP contribution is -2.46. The van der Waals surface area contributed by atoms with Crippen LogP contribution in [0, 0.1) is 10.1 Å². The van der Waals surface area contributed by atoms with Gasteiger partial charge in [0, 0.05) is 44.9 Å². The highest BCUT2D eigenvalue weighted by Crippen LogP contribution is 2.23. The van der Waals surface area contributed by atoms with E-state index in [9.17, 15) is 14.9 Å². The topological polar surface area (TPSA) is 84.5 Å². The van der Waals surface area contributed by atoms with Gasteiger partial charge in [0.2, 0.25) is 0 Å². The van der Waals surface area contributed by atoms with Gasteiger partial charge in [-0.05, 0) is 17.7 Å². The van der Waals surface area contributed by atoms with Crippen LogP contribution in [0.15, 0.2) is 65.6 Å². The van der Waals surface area contributed by atoms with Gasteiger partial charge in [0.05, 0.1) is 22.5 Å². The van der Waals surface area contributed by atoms with Crippen molar-refractivity contribution in [1.82, 2.24) is 14.7 Å². The van der Waals surface area contributed by atoms with E-state index in [1.807, 2.05) is 18.2 Å². The Labute approximate surface area is 178 Å². The van der Waals surface area contributed by atoms with E-state index in [-0.39, 0.29) is 16.3 Å². The highest BCUT2D eigenvalue weighted by atomic mass is 35.5. The van der Waals surface area contributed by atoms with Crippen LogP contribution in [0.25, 0.3) is 5.69 Å². The molecule has 4 rings (SSSR count). The number of hydrogen-bond donors (Lipinski definition) is 0. The number of aromatic nitrogens is 2. The normalized spacial score (nSPS) is 14.6. The minimum absolute atomic E-state index is 0.0935.